The van der Waals surface area contributed by atoms with E-state index in [1.54, 1.807) is 11.0 Å². The topological polar surface area (TPSA) is 74.2 Å². The number of benzene rings is 1. The maximum atomic E-state index is 13.2. The zero-order valence-corrected chi connectivity index (χ0v) is 15.7. The highest BCUT2D eigenvalue weighted by molar-refractivity contribution is 5.91. The summed E-state index contributed by atoms with van der Waals surface area (Å²) in [5.41, 5.74) is -2.92. The Kier molecular flexibility index (Phi) is 5.12. The number of pyridine rings is 1. The molecule has 0 aliphatic carbocycles. The second-order valence-corrected chi connectivity index (χ2v) is 7.07. The first-order valence-corrected chi connectivity index (χ1v) is 9.12. The Balaban J connectivity index is 1.81. The lowest BCUT2D eigenvalue weighted by Crippen LogP contribution is -2.23. The molecule has 0 amide bonds. The van der Waals surface area contributed by atoms with Crippen LogP contribution in [0.15, 0.2) is 36.7 Å². The molecule has 0 spiro atoms. The van der Waals surface area contributed by atoms with Crippen molar-refractivity contribution in [1.82, 2.24) is 15.0 Å². The monoisotopic (exact) mass is 443 g/mol. The summed E-state index contributed by atoms with van der Waals surface area (Å²) in [6.07, 6.45) is -7.21. The van der Waals surface area contributed by atoms with Gasteiger partial charge in [0.2, 0.25) is 5.95 Å². The predicted octanol–water partition coefficient (Wildman–Crippen LogP) is 4.38. The fourth-order valence-corrected chi connectivity index (χ4v) is 3.28. The van der Waals surface area contributed by atoms with Crippen molar-refractivity contribution in [1.29, 1.82) is 0 Å². The van der Waals surface area contributed by atoms with Gasteiger partial charge in [-0.2, -0.15) is 31.3 Å². The Morgan fingerprint density at radius 2 is 1.68 bits per heavy atom. The molecule has 1 aliphatic heterocycles. The summed E-state index contributed by atoms with van der Waals surface area (Å²) in [5, 5.41) is 12.6. The molecule has 2 aromatic heterocycles. The van der Waals surface area contributed by atoms with Gasteiger partial charge in [0, 0.05) is 31.2 Å². The second kappa shape index (κ2) is 7.52. The van der Waals surface area contributed by atoms with Crippen molar-refractivity contribution in [2.75, 3.05) is 23.3 Å². The van der Waals surface area contributed by atoms with E-state index < -0.39 is 35.3 Å². The van der Waals surface area contributed by atoms with Gasteiger partial charge in [-0.15, -0.1) is 0 Å². The number of aromatic nitrogens is 3. The molecule has 0 unspecified atom stereocenters. The number of alkyl halides is 6. The highest BCUT2D eigenvalue weighted by atomic mass is 19.4. The van der Waals surface area contributed by atoms with E-state index in [9.17, 15) is 31.4 Å². The molecule has 1 saturated heterocycles. The quantitative estimate of drug-likeness (QED) is 0.586. The van der Waals surface area contributed by atoms with Crippen molar-refractivity contribution in [3.63, 3.8) is 0 Å². The minimum Gasteiger partial charge on any atom is -0.391 e. The summed E-state index contributed by atoms with van der Waals surface area (Å²) in [6, 6.07) is 2.77. The first kappa shape index (κ1) is 21.1. The van der Waals surface area contributed by atoms with Crippen molar-refractivity contribution in [2.24, 2.45) is 0 Å². The molecule has 2 N–H and O–H groups in total. The third kappa shape index (κ3) is 4.48. The van der Waals surface area contributed by atoms with Crippen LogP contribution in [0.3, 0.4) is 0 Å². The molecule has 164 valence electrons. The summed E-state index contributed by atoms with van der Waals surface area (Å²) in [7, 11) is 0. The zero-order valence-electron chi connectivity index (χ0n) is 15.7. The highest BCUT2D eigenvalue weighted by Gasteiger charge is 2.37. The van der Waals surface area contributed by atoms with Crippen LogP contribution < -0.4 is 10.2 Å². The summed E-state index contributed by atoms with van der Waals surface area (Å²) >= 11 is 0. The second-order valence-electron chi connectivity index (χ2n) is 7.07. The highest BCUT2D eigenvalue weighted by Crippen LogP contribution is 2.38. The van der Waals surface area contributed by atoms with Crippen LogP contribution >= 0.6 is 0 Å². The van der Waals surface area contributed by atoms with Crippen LogP contribution in [0.4, 0.5) is 43.8 Å². The van der Waals surface area contributed by atoms with E-state index in [2.05, 4.69) is 20.3 Å². The molecule has 4 rings (SSSR count). The standard InChI is InChI=1S/C19H15F6N5O/c20-18(21,22)10-5-11(19(23,24)25)7-12(6-10)27-16-14-8-26-3-1-15(14)28-17(29-16)30-4-2-13(31)9-30/h1,3,5-8,13,31H,2,4,9H2,(H,27,28,29)/t13-/m1/s1. The molecule has 3 heterocycles. The van der Waals surface area contributed by atoms with E-state index >= 15 is 0 Å². The Hall–Kier alpha value is -3.15. The molecule has 1 atom stereocenters. The van der Waals surface area contributed by atoms with Crippen molar-refractivity contribution in [2.45, 2.75) is 24.9 Å². The maximum Gasteiger partial charge on any atom is 0.416 e. The molecule has 6 nitrogen and oxygen atoms in total. The smallest absolute Gasteiger partial charge is 0.391 e. The number of aliphatic hydroxyl groups excluding tert-OH is 1. The van der Waals surface area contributed by atoms with Gasteiger partial charge in [-0.05, 0) is 30.7 Å². The largest absolute Gasteiger partial charge is 0.416 e. The lowest BCUT2D eigenvalue weighted by atomic mass is 10.1. The maximum absolute atomic E-state index is 13.2. The molecule has 3 aromatic rings. The lowest BCUT2D eigenvalue weighted by molar-refractivity contribution is -0.143. The van der Waals surface area contributed by atoms with Gasteiger partial charge in [0.15, 0.2) is 0 Å². The Morgan fingerprint density at radius 1 is 1.00 bits per heavy atom. The average molecular weight is 443 g/mol. The number of β-amino-alcohol motifs (C(OH)–C–C–N with tert-alkyl or cyclic N) is 1. The van der Waals surface area contributed by atoms with Gasteiger partial charge in [0.1, 0.15) is 5.82 Å². The van der Waals surface area contributed by atoms with Crippen LogP contribution in [0.5, 0.6) is 0 Å². The van der Waals surface area contributed by atoms with Gasteiger partial charge >= 0.3 is 12.4 Å². The van der Waals surface area contributed by atoms with Gasteiger partial charge in [-0.3, -0.25) is 4.98 Å². The summed E-state index contributed by atoms with van der Waals surface area (Å²) in [6.45, 7) is 0.719. The summed E-state index contributed by atoms with van der Waals surface area (Å²) < 4.78 is 79.0. The van der Waals surface area contributed by atoms with Crippen molar-refractivity contribution >= 4 is 28.4 Å². The van der Waals surface area contributed by atoms with Gasteiger partial charge in [-0.25, -0.2) is 4.98 Å². The first-order valence-electron chi connectivity index (χ1n) is 9.12. The number of hydrogen-bond donors (Lipinski definition) is 2. The third-order valence-electron chi connectivity index (χ3n) is 4.78. The van der Waals surface area contributed by atoms with E-state index in [1.165, 1.54) is 12.4 Å². The number of hydrogen-bond acceptors (Lipinski definition) is 6. The minimum atomic E-state index is -4.97. The molecule has 0 radical (unpaired) electrons. The van der Waals surface area contributed by atoms with Crippen LogP contribution in [-0.2, 0) is 12.4 Å². The number of nitrogens with one attached hydrogen (secondary N) is 1. The van der Waals surface area contributed by atoms with E-state index in [4.69, 9.17) is 0 Å². The van der Waals surface area contributed by atoms with Gasteiger partial charge in [0.25, 0.3) is 0 Å². The normalized spacial score (nSPS) is 17.4. The number of rotatable bonds is 3. The molecule has 31 heavy (non-hydrogen) atoms. The van der Waals surface area contributed by atoms with E-state index in [-0.39, 0.29) is 24.4 Å². The number of fused-ring (bicyclic) bond motifs is 1. The van der Waals surface area contributed by atoms with E-state index in [1.807, 2.05) is 0 Å². The molecular formula is C19H15F6N5O. The van der Waals surface area contributed by atoms with E-state index in [0.717, 1.165) is 0 Å². The third-order valence-corrected chi connectivity index (χ3v) is 4.78. The molecule has 1 aliphatic rings. The average Bonchev–Trinajstić information content (AvgIpc) is 3.13. The van der Waals surface area contributed by atoms with Gasteiger partial charge < -0.3 is 15.3 Å². The van der Waals surface area contributed by atoms with Crippen molar-refractivity contribution in [3.05, 3.63) is 47.8 Å². The Labute approximate surface area is 171 Å². The van der Waals surface area contributed by atoms with Gasteiger partial charge in [0.05, 0.1) is 28.1 Å². The Morgan fingerprint density at radius 3 is 2.26 bits per heavy atom. The van der Waals surface area contributed by atoms with E-state index in [0.29, 0.717) is 36.0 Å². The van der Waals surface area contributed by atoms with Crippen LogP contribution in [-0.4, -0.2) is 39.3 Å². The Bertz CT molecular complexity index is 1080. The van der Waals surface area contributed by atoms with Crippen LogP contribution in [0, 0.1) is 0 Å². The molecular weight excluding hydrogens is 428 g/mol. The van der Waals surface area contributed by atoms with Crippen LogP contribution in [0.2, 0.25) is 0 Å². The molecule has 0 saturated carbocycles. The summed E-state index contributed by atoms with van der Waals surface area (Å²) in [5.74, 6) is 0.197. The fraction of sp³-hybridized carbons (Fsp3) is 0.316. The number of aliphatic hydroxyl groups is 1. The molecule has 1 aromatic carbocycles. The SMILES string of the molecule is O[C@@H]1CCN(c2nc(Nc3cc(C(F)(F)F)cc(C(F)(F)F)c3)c3cnccc3n2)C1. The van der Waals surface area contributed by atoms with Crippen LogP contribution in [0.1, 0.15) is 17.5 Å². The molecule has 1 fully saturated rings. The predicted molar refractivity (Wildman–Crippen MR) is 99.9 cm³/mol. The number of anilines is 3. The molecule has 0 bridgehead atoms. The first-order chi connectivity index (χ1) is 14.5. The molecule has 12 heteroatoms. The summed E-state index contributed by atoms with van der Waals surface area (Å²) in [4.78, 5) is 14.3. The zero-order chi connectivity index (χ0) is 22.4. The lowest BCUT2D eigenvalue weighted by Gasteiger charge is -2.19. The fourth-order valence-electron chi connectivity index (χ4n) is 3.28. The minimum absolute atomic E-state index is 0.00180. The number of nitrogens with zero attached hydrogens (tertiary/aromatic N) is 4. The van der Waals surface area contributed by atoms with Crippen molar-refractivity contribution in [3.8, 4) is 0 Å². The van der Waals surface area contributed by atoms with Gasteiger partial charge in [-0.1, -0.05) is 0 Å². The number of halogens is 6. The van der Waals surface area contributed by atoms with Crippen molar-refractivity contribution < 1.29 is 31.4 Å². The van der Waals surface area contributed by atoms with Crippen LogP contribution in [0.25, 0.3) is 10.9 Å².